The number of hydrogen-bond donors (Lipinski definition) is 1. The van der Waals surface area contributed by atoms with E-state index in [9.17, 15) is 0 Å². The first kappa shape index (κ1) is 14.6. The Balaban J connectivity index is 1.39. The molecule has 3 aromatic heterocycles. The van der Waals surface area contributed by atoms with Gasteiger partial charge in [0.05, 0.1) is 31.1 Å². The minimum Gasteiger partial charge on any atom is -0.369 e. The minimum atomic E-state index is 0.115. The Morgan fingerprint density at radius 3 is 3.22 bits per heavy atom. The van der Waals surface area contributed by atoms with Crippen molar-refractivity contribution in [1.29, 1.82) is 0 Å². The molecule has 1 atom stereocenters. The third kappa shape index (κ3) is 3.05. The molecule has 4 heterocycles. The van der Waals surface area contributed by atoms with Crippen molar-refractivity contribution in [2.45, 2.75) is 25.8 Å². The lowest BCUT2D eigenvalue weighted by Gasteiger charge is -2.24. The molecule has 4 rings (SSSR count). The van der Waals surface area contributed by atoms with Gasteiger partial charge < -0.3 is 10.1 Å². The van der Waals surface area contributed by atoms with Gasteiger partial charge in [-0.15, -0.1) is 5.10 Å². The number of aromatic nitrogens is 5. The van der Waals surface area contributed by atoms with E-state index in [0.29, 0.717) is 6.61 Å². The lowest BCUT2D eigenvalue weighted by atomic mass is 10.2. The molecule has 0 radical (unpaired) electrons. The largest absolute Gasteiger partial charge is 0.369 e. The molecule has 23 heavy (non-hydrogen) atoms. The van der Waals surface area contributed by atoms with E-state index in [4.69, 9.17) is 4.74 Å². The summed E-state index contributed by atoms with van der Waals surface area (Å²) in [6.45, 7) is 2.92. The number of hydrogen-bond acceptors (Lipinski definition) is 6. The first-order valence-corrected chi connectivity index (χ1v) is 8.48. The van der Waals surface area contributed by atoms with Crippen molar-refractivity contribution >= 4 is 11.3 Å². The molecular formula is C15H18N6OS. The first-order chi connectivity index (χ1) is 11.3. The van der Waals surface area contributed by atoms with Crippen LogP contribution in [-0.4, -0.2) is 37.4 Å². The zero-order valence-electron chi connectivity index (χ0n) is 12.8. The monoisotopic (exact) mass is 330 g/mol. The van der Waals surface area contributed by atoms with Gasteiger partial charge in [0, 0.05) is 31.9 Å². The molecule has 7 nitrogen and oxygen atoms in total. The molecule has 0 bridgehead atoms. The van der Waals surface area contributed by atoms with Crippen LogP contribution in [0.2, 0.25) is 0 Å². The van der Waals surface area contributed by atoms with E-state index in [1.54, 1.807) is 22.2 Å². The van der Waals surface area contributed by atoms with Crippen LogP contribution < -0.4 is 5.32 Å². The first-order valence-electron chi connectivity index (χ1n) is 7.54. The van der Waals surface area contributed by atoms with Crippen molar-refractivity contribution in [2.24, 2.45) is 7.05 Å². The van der Waals surface area contributed by atoms with Gasteiger partial charge in [0.2, 0.25) is 0 Å². The molecule has 0 aliphatic carbocycles. The zero-order valence-corrected chi connectivity index (χ0v) is 13.7. The van der Waals surface area contributed by atoms with E-state index in [-0.39, 0.29) is 6.10 Å². The Hall–Kier alpha value is -2.03. The second-order valence-corrected chi connectivity index (χ2v) is 6.45. The van der Waals surface area contributed by atoms with Gasteiger partial charge in [-0.2, -0.15) is 16.4 Å². The Kier molecular flexibility index (Phi) is 3.94. The van der Waals surface area contributed by atoms with E-state index in [1.165, 1.54) is 5.56 Å². The second-order valence-electron chi connectivity index (χ2n) is 5.67. The van der Waals surface area contributed by atoms with Crippen molar-refractivity contribution in [3.8, 4) is 11.3 Å². The fourth-order valence-electron chi connectivity index (χ4n) is 2.73. The molecule has 1 unspecified atom stereocenters. The van der Waals surface area contributed by atoms with Crippen LogP contribution in [0.15, 0.2) is 29.2 Å². The maximum atomic E-state index is 5.96. The van der Waals surface area contributed by atoms with Crippen molar-refractivity contribution in [3.05, 3.63) is 40.5 Å². The maximum Gasteiger partial charge on any atom is 0.121 e. The summed E-state index contributed by atoms with van der Waals surface area (Å²) >= 11 is 1.72. The summed E-state index contributed by atoms with van der Waals surface area (Å²) in [6, 6.07) is 2.13. The van der Waals surface area contributed by atoms with Gasteiger partial charge in [0.25, 0.3) is 0 Å². The second kappa shape index (κ2) is 6.23. The molecule has 0 saturated heterocycles. The quantitative estimate of drug-likeness (QED) is 0.766. The molecule has 0 amide bonds. The van der Waals surface area contributed by atoms with Crippen LogP contribution in [0.3, 0.4) is 0 Å². The van der Waals surface area contributed by atoms with Crippen LogP contribution in [0.1, 0.15) is 11.3 Å². The van der Waals surface area contributed by atoms with Gasteiger partial charge in [0.15, 0.2) is 0 Å². The molecule has 1 N–H and O–H groups in total. The molecule has 0 saturated carbocycles. The van der Waals surface area contributed by atoms with E-state index in [1.807, 2.05) is 17.9 Å². The van der Waals surface area contributed by atoms with Crippen molar-refractivity contribution < 1.29 is 4.74 Å². The molecule has 3 aromatic rings. The number of nitrogens with one attached hydrogen (secondary N) is 1. The predicted octanol–water partition coefficient (Wildman–Crippen LogP) is 1.43. The Morgan fingerprint density at radius 2 is 2.43 bits per heavy atom. The summed E-state index contributed by atoms with van der Waals surface area (Å²) in [6.07, 6.45) is 3.86. The van der Waals surface area contributed by atoms with E-state index in [2.05, 4.69) is 37.6 Å². The van der Waals surface area contributed by atoms with Gasteiger partial charge >= 0.3 is 0 Å². The number of ether oxygens (including phenoxy) is 1. The lowest BCUT2D eigenvalue weighted by molar-refractivity contribution is 0.00126. The summed E-state index contributed by atoms with van der Waals surface area (Å²) in [5.41, 5.74) is 4.17. The van der Waals surface area contributed by atoms with Crippen molar-refractivity contribution in [3.63, 3.8) is 0 Å². The highest BCUT2D eigenvalue weighted by Gasteiger charge is 2.24. The highest BCUT2D eigenvalue weighted by molar-refractivity contribution is 7.07. The summed E-state index contributed by atoms with van der Waals surface area (Å²) in [5, 5.41) is 20.4. The third-order valence-corrected chi connectivity index (χ3v) is 4.66. The highest BCUT2D eigenvalue weighted by Crippen LogP contribution is 2.24. The van der Waals surface area contributed by atoms with Crippen LogP contribution in [0.4, 0.5) is 0 Å². The summed E-state index contributed by atoms with van der Waals surface area (Å²) in [5.74, 6) is 0. The Morgan fingerprint density at radius 1 is 1.48 bits per heavy atom. The zero-order chi connectivity index (χ0) is 15.6. The average molecular weight is 330 g/mol. The highest BCUT2D eigenvalue weighted by atomic mass is 32.1. The van der Waals surface area contributed by atoms with Gasteiger partial charge in [-0.05, 0) is 22.4 Å². The van der Waals surface area contributed by atoms with Crippen molar-refractivity contribution in [2.75, 3.05) is 6.54 Å². The smallest absolute Gasteiger partial charge is 0.121 e. The summed E-state index contributed by atoms with van der Waals surface area (Å²) in [7, 11) is 1.89. The standard InChI is InChI=1S/C15H18N6OS/c1-20-7-12(5-17-20)15-14-9-22-13(8-21(14)19-18-15)6-16-4-11-2-3-23-10-11/h2-3,5,7,10,13,16H,4,6,8-9H2,1H3. The average Bonchev–Trinajstić information content (AvgIpc) is 3.27. The molecule has 0 spiro atoms. The molecule has 120 valence electrons. The topological polar surface area (TPSA) is 69.8 Å². The maximum absolute atomic E-state index is 5.96. The molecular weight excluding hydrogens is 312 g/mol. The van der Waals surface area contributed by atoms with Crippen molar-refractivity contribution in [1.82, 2.24) is 30.1 Å². The molecule has 0 aromatic carbocycles. The number of thiophene rings is 1. The normalized spacial score (nSPS) is 17.3. The van der Waals surface area contributed by atoms with E-state index >= 15 is 0 Å². The fraction of sp³-hybridized carbons (Fsp3) is 0.400. The Labute approximate surface area is 137 Å². The number of nitrogens with zero attached hydrogens (tertiary/aromatic N) is 5. The van der Waals surface area contributed by atoms with E-state index in [0.717, 1.165) is 36.6 Å². The van der Waals surface area contributed by atoms with Crippen LogP contribution >= 0.6 is 11.3 Å². The number of rotatable bonds is 5. The fourth-order valence-corrected chi connectivity index (χ4v) is 3.40. The molecule has 0 fully saturated rings. The molecule has 1 aliphatic heterocycles. The summed E-state index contributed by atoms with van der Waals surface area (Å²) < 4.78 is 9.68. The van der Waals surface area contributed by atoms with Crippen LogP contribution in [-0.2, 0) is 31.5 Å². The number of fused-ring (bicyclic) bond motifs is 1. The van der Waals surface area contributed by atoms with Gasteiger partial charge in [0.1, 0.15) is 5.69 Å². The van der Waals surface area contributed by atoms with Gasteiger partial charge in [-0.25, -0.2) is 4.68 Å². The third-order valence-electron chi connectivity index (χ3n) is 3.93. The van der Waals surface area contributed by atoms with Crippen LogP contribution in [0.5, 0.6) is 0 Å². The van der Waals surface area contributed by atoms with Gasteiger partial charge in [-0.3, -0.25) is 4.68 Å². The summed E-state index contributed by atoms with van der Waals surface area (Å²) in [4.78, 5) is 0. The number of aryl methyl sites for hydroxylation is 1. The van der Waals surface area contributed by atoms with Gasteiger partial charge in [-0.1, -0.05) is 5.21 Å². The molecule has 1 aliphatic rings. The lowest BCUT2D eigenvalue weighted by Crippen LogP contribution is -2.36. The SMILES string of the molecule is Cn1cc(-c2nnn3c2COC(CNCc2ccsc2)C3)cn1. The predicted molar refractivity (Wildman–Crippen MR) is 86.8 cm³/mol. The van der Waals surface area contributed by atoms with E-state index < -0.39 is 0 Å². The van der Waals surface area contributed by atoms with Crippen LogP contribution in [0, 0.1) is 0 Å². The van der Waals surface area contributed by atoms with Crippen LogP contribution in [0.25, 0.3) is 11.3 Å². The minimum absolute atomic E-state index is 0.115. The Bertz CT molecular complexity index is 778. The molecule has 8 heteroatoms.